The molecule has 4 N–H and O–H groups in total. The lowest BCUT2D eigenvalue weighted by Crippen LogP contribution is -2.19. The van der Waals surface area contributed by atoms with Crippen LogP contribution in [-0.4, -0.2) is 46.7 Å². The summed E-state index contributed by atoms with van der Waals surface area (Å²) in [4.78, 5) is 23.2. The average Bonchev–Trinajstić information content (AvgIpc) is 2.59. The summed E-state index contributed by atoms with van der Waals surface area (Å²) < 4.78 is 42.9. The minimum atomic E-state index is -2.69. The second-order valence-electron chi connectivity index (χ2n) is 5.43. The van der Waals surface area contributed by atoms with E-state index >= 15 is 0 Å². The SMILES string of the molecule is Cc1ccc(C(=O)O)c(S(=O)O)c1N(C)c1cccc(C(=O)O)c1S(=O)O. The maximum absolute atomic E-state index is 11.8. The van der Waals surface area contributed by atoms with Crippen LogP contribution in [0.2, 0.25) is 0 Å². The predicted molar refractivity (Wildman–Crippen MR) is 97.7 cm³/mol. The fourth-order valence-corrected chi connectivity index (χ4v) is 4.23. The number of aryl methyl sites for hydroxylation is 1. The lowest BCUT2D eigenvalue weighted by Gasteiger charge is -2.26. The standard InChI is InChI=1S/C16H15NO8S2/c1-8-6-7-10(16(20)21)14(27(24)25)12(8)17(2)11-5-3-4-9(15(18)19)13(11)26(22)23/h3-7H,1-2H3,(H,18,19)(H,20,21)(H,22,23)(H,24,25). The Morgan fingerprint density at radius 2 is 1.41 bits per heavy atom. The van der Waals surface area contributed by atoms with Crippen molar-refractivity contribution in [3.8, 4) is 0 Å². The van der Waals surface area contributed by atoms with E-state index in [0.717, 1.165) is 6.07 Å². The van der Waals surface area contributed by atoms with Crippen molar-refractivity contribution in [1.29, 1.82) is 0 Å². The van der Waals surface area contributed by atoms with Gasteiger partial charge in [0.1, 0.15) is 9.79 Å². The van der Waals surface area contributed by atoms with Gasteiger partial charge in [0.2, 0.25) is 0 Å². The number of aromatic carboxylic acids is 2. The largest absolute Gasteiger partial charge is 0.478 e. The topological polar surface area (TPSA) is 152 Å². The van der Waals surface area contributed by atoms with Crippen molar-refractivity contribution in [2.24, 2.45) is 0 Å². The van der Waals surface area contributed by atoms with E-state index in [1.54, 1.807) is 6.92 Å². The molecule has 0 radical (unpaired) electrons. The van der Waals surface area contributed by atoms with E-state index in [1.165, 1.54) is 36.2 Å². The van der Waals surface area contributed by atoms with Gasteiger partial charge in [0.05, 0.1) is 22.5 Å². The van der Waals surface area contributed by atoms with Crippen LogP contribution in [0.1, 0.15) is 26.3 Å². The third-order valence-corrected chi connectivity index (χ3v) is 5.38. The van der Waals surface area contributed by atoms with Gasteiger partial charge in [-0.05, 0) is 30.7 Å². The Kier molecular flexibility index (Phi) is 6.11. The summed E-state index contributed by atoms with van der Waals surface area (Å²) in [5.74, 6) is -2.85. The van der Waals surface area contributed by atoms with E-state index in [4.69, 9.17) is 0 Å². The molecule has 0 spiro atoms. The summed E-state index contributed by atoms with van der Waals surface area (Å²) >= 11 is -5.37. The molecular formula is C16H15NO8S2. The highest BCUT2D eigenvalue weighted by Gasteiger charge is 2.27. The molecule has 0 fully saturated rings. The van der Waals surface area contributed by atoms with Crippen LogP contribution in [0.25, 0.3) is 0 Å². The Balaban J connectivity index is 2.86. The Morgan fingerprint density at radius 1 is 0.889 bits per heavy atom. The fraction of sp³-hybridized carbons (Fsp3) is 0.125. The summed E-state index contributed by atoms with van der Waals surface area (Å²) in [6.45, 7) is 1.56. The number of benzene rings is 2. The maximum Gasteiger partial charge on any atom is 0.337 e. The van der Waals surface area contributed by atoms with E-state index in [2.05, 4.69) is 0 Å². The molecule has 0 aliphatic rings. The number of hydrogen-bond acceptors (Lipinski definition) is 5. The van der Waals surface area contributed by atoms with Gasteiger partial charge in [-0.2, -0.15) is 0 Å². The molecule has 11 heteroatoms. The lowest BCUT2D eigenvalue weighted by molar-refractivity contribution is 0.0682. The Labute approximate surface area is 158 Å². The van der Waals surface area contributed by atoms with Gasteiger partial charge < -0.3 is 24.2 Å². The number of nitrogens with zero attached hydrogens (tertiary/aromatic N) is 1. The summed E-state index contributed by atoms with van der Waals surface area (Å²) in [6, 6.07) is 6.44. The number of carboxylic acids is 2. The van der Waals surface area contributed by atoms with E-state index in [0.29, 0.717) is 5.56 Å². The van der Waals surface area contributed by atoms with Gasteiger partial charge in [-0.3, -0.25) is 0 Å². The molecule has 27 heavy (non-hydrogen) atoms. The highest BCUT2D eigenvalue weighted by molar-refractivity contribution is 7.79. The number of rotatable bonds is 6. The van der Waals surface area contributed by atoms with Crippen LogP contribution in [-0.2, 0) is 22.2 Å². The quantitative estimate of drug-likeness (QED) is 0.523. The summed E-state index contributed by atoms with van der Waals surface area (Å²) in [6.07, 6.45) is 0. The molecule has 0 aromatic heterocycles. The molecule has 2 atom stereocenters. The van der Waals surface area contributed by atoms with E-state index in [9.17, 15) is 37.3 Å². The fourth-order valence-electron chi connectivity index (χ4n) is 2.69. The minimum Gasteiger partial charge on any atom is -0.478 e. The molecule has 9 nitrogen and oxygen atoms in total. The van der Waals surface area contributed by atoms with Crippen molar-refractivity contribution in [3.05, 3.63) is 47.0 Å². The third-order valence-electron chi connectivity index (χ3n) is 3.83. The first kappa shape index (κ1) is 20.7. The molecule has 2 unspecified atom stereocenters. The Bertz CT molecular complexity index is 989. The molecular weight excluding hydrogens is 398 g/mol. The van der Waals surface area contributed by atoms with Gasteiger partial charge in [0, 0.05) is 7.05 Å². The van der Waals surface area contributed by atoms with Gasteiger partial charge in [0.25, 0.3) is 0 Å². The van der Waals surface area contributed by atoms with Crippen molar-refractivity contribution in [3.63, 3.8) is 0 Å². The van der Waals surface area contributed by atoms with Crippen molar-refractivity contribution >= 4 is 45.5 Å². The van der Waals surface area contributed by atoms with Crippen molar-refractivity contribution in [2.75, 3.05) is 11.9 Å². The van der Waals surface area contributed by atoms with Gasteiger partial charge in [-0.1, -0.05) is 12.1 Å². The van der Waals surface area contributed by atoms with Crippen molar-refractivity contribution in [2.45, 2.75) is 16.7 Å². The van der Waals surface area contributed by atoms with Crippen LogP contribution < -0.4 is 4.90 Å². The molecule has 2 aromatic carbocycles. The van der Waals surface area contributed by atoms with Crippen LogP contribution in [0, 0.1) is 6.92 Å². The van der Waals surface area contributed by atoms with Crippen LogP contribution >= 0.6 is 0 Å². The molecule has 0 saturated carbocycles. The maximum atomic E-state index is 11.8. The van der Waals surface area contributed by atoms with Crippen molar-refractivity contribution < 1.29 is 37.3 Å². The van der Waals surface area contributed by atoms with Crippen molar-refractivity contribution in [1.82, 2.24) is 0 Å². The monoisotopic (exact) mass is 413 g/mol. The predicted octanol–water partition coefficient (Wildman–Crippen LogP) is 2.32. The molecule has 0 bridgehead atoms. The number of hydrogen-bond donors (Lipinski definition) is 4. The van der Waals surface area contributed by atoms with Crippen LogP contribution in [0.4, 0.5) is 11.4 Å². The molecule has 0 aliphatic heterocycles. The lowest BCUT2D eigenvalue weighted by atomic mass is 10.1. The van der Waals surface area contributed by atoms with Gasteiger partial charge >= 0.3 is 11.9 Å². The number of anilines is 2. The highest BCUT2D eigenvalue weighted by atomic mass is 32.2. The summed E-state index contributed by atoms with van der Waals surface area (Å²) in [5, 5.41) is 18.6. The molecule has 2 rings (SSSR count). The van der Waals surface area contributed by atoms with Crippen LogP contribution in [0.5, 0.6) is 0 Å². The second-order valence-corrected chi connectivity index (χ2v) is 7.24. The molecule has 2 aromatic rings. The first-order valence-corrected chi connectivity index (χ1v) is 9.47. The normalized spacial score (nSPS) is 13.0. The van der Waals surface area contributed by atoms with E-state index in [1.807, 2.05) is 0 Å². The second kappa shape index (κ2) is 7.96. The number of carboxylic acid groups (broad SMARTS) is 2. The molecule has 0 aliphatic carbocycles. The molecule has 0 amide bonds. The Hall–Kier alpha value is -2.60. The molecule has 0 saturated heterocycles. The average molecular weight is 413 g/mol. The van der Waals surface area contributed by atoms with Crippen LogP contribution in [0.15, 0.2) is 40.1 Å². The highest BCUT2D eigenvalue weighted by Crippen LogP contribution is 2.37. The molecule has 0 heterocycles. The van der Waals surface area contributed by atoms with E-state index < -0.39 is 55.0 Å². The van der Waals surface area contributed by atoms with Gasteiger partial charge in [-0.25, -0.2) is 18.0 Å². The first-order valence-electron chi connectivity index (χ1n) is 7.26. The molecule has 144 valence electrons. The van der Waals surface area contributed by atoms with Gasteiger partial charge in [-0.15, -0.1) is 0 Å². The van der Waals surface area contributed by atoms with Gasteiger partial charge in [0.15, 0.2) is 22.2 Å². The van der Waals surface area contributed by atoms with E-state index in [-0.39, 0.29) is 11.4 Å². The van der Waals surface area contributed by atoms with Crippen LogP contribution in [0.3, 0.4) is 0 Å². The third kappa shape index (κ3) is 3.90. The summed E-state index contributed by atoms with van der Waals surface area (Å²) in [7, 11) is 1.38. The zero-order chi connectivity index (χ0) is 20.5. The first-order chi connectivity index (χ1) is 12.6. The minimum absolute atomic E-state index is 0.0185. The summed E-state index contributed by atoms with van der Waals surface area (Å²) in [5.41, 5.74) is -0.420. The zero-order valence-corrected chi connectivity index (χ0v) is 15.7. The number of carbonyl (C=O) groups is 2. The smallest absolute Gasteiger partial charge is 0.337 e. The zero-order valence-electron chi connectivity index (χ0n) is 14.1. The Morgan fingerprint density at radius 3 is 1.89 bits per heavy atom.